The van der Waals surface area contributed by atoms with E-state index in [0.717, 1.165) is 42.8 Å². The molecule has 0 spiro atoms. The maximum atomic E-state index is 14.1. The number of ether oxygens (including phenoxy) is 1. The van der Waals surface area contributed by atoms with E-state index < -0.39 is 23.7 Å². The van der Waals surface area contributed by atoms with Gasteiger partial charge in [-0.2, -0.15) is 13.2 Å². The van der Waals surface area contributed by atoms with Crippen molar-refractivity contribution in [3.63, 3.8) is 0 Å². The summed E-state index contributed by atoms with van der Waals surface area (Å²) in [5.74, 6) is -2.39. The number of aryl methyl sites for hydroxylation is 1. The maximum Gasteiger partial charge on any atom is 0.416 e. The summed E-state index contributed by atoms with van der Waals surface area (Å²) in [4.78, 5) is 9.24. The third kappa shape index (κ3) is 5.53. The van der Waals surface area contributed by atoms with Gasteiger partial charge >= 0.3 is 6.18 Å². The Bertz CT molecular complexity index is 1580. The Balaban J connectivity index is 1.34. The number of benzene rings is 1. The molecular formula is C31H38F5N7O. The topological polar surface area (TPSA) is 86.2 Å². The molecule has 3 aliphatic rings. The number of hydrogen-bond acceptors (Lipinski definition) is 6. The highest BCUT2D eigenvalue weighted by molar-refractivity contribution is 5.90. The molecular weight excluding hydrogens is 581 g/mol. The lowest BCUT2D eigenvalue weighted by molar-refractivity contribution is -0.138. The first-order chi connectivity index (χ1) is 20.8. The third-order valence-corrected chi connectivity index (χ3v) is 9.52. The van der Waals surface area contributed by atoms with Gasteiger partial charge in [0.05, 0.1) is 30.2 Å². The molecule has 2 saturated heterocycles. The quantitative estimate of drug-likeness (QED) is 0.194. The molecule has 4 heterocycles. The number of imidazole rings is 1. The number of piperazine rings is 1. The molecule has 238 valence electrons. The number of anilines is 1. The van der Waals surface area contributed by atoms with E-state index in [9.17, 15) is 22.0 Å². The fourth-order valence-electron chi connectivity index (χ4n) is 7.32. The predicted molar refractivity (Wildman–Crippen MR) is 156 cm³/mol. The molecule has 2 N–H and O–H groups in total. The Morgan fingerprint density at radius 1 is 1.11 bits per heavy atom. The zero-order valence-electron chi connectivity index (χ0n) is 25.0. The first-order valence-corrected chi connectivity index (χ1v) is 15.1. The standard InChI is InChI=1S/C31H38F5N7O/c1-18-15-41(28(22-12-30(32,33)13-22)21-6-8-23(9-7-21)31(34,35)36)19(2)14-40(18)25-11-26(38)43(17-37)29-27(25)39-20(3)42(29)16-24-5-4-10-44-24/h6-9,11,17-19,22,24,28,37-38H,4-5,10,12-16H2,1-3H3/t18-,19+,24-,28?/m0/s1. The minimum Gasteiger partial charge on any atom is -0.376 e. The van der Waals surface area contributed by atoms with E-state index in [4.69, 9.17) is 20.5 Å². The van der Waals surface area contributed by atoms with Crippen LogP contribution in [0.3, 0.4) is 0 Å². The number of rotatable bonds is 7. The average Bonchev–Trinajstić information content (AvgIpc) is 3.57. The van der Waals surface area contributed by atoms with Gasteiger partial charge in [0.15, 0.2) is 0 Å². The van der Waals surface area contributed by atoms with Gasteiger partial charge in [0.1, 0.15) is 22.5 Å². The normalized spacial score (nSPS) is 25.4. The Labute approximate surface area is 252 Å². The molecule has 0 bridgehead atoms. The molecule has 1 aliphatic carbocycles. The summed E-state index contributed by atoms with van der Waals surface area (Å²) in [5, 5.41) is 16.8. The SMILES string of the molecule is Cc1nc2c(N3C[C@@H](C)N(C(c4ccc(C(F)(F)F)cc4)C4CC(F)(F)C4)C[C@@H]3C)cc(=N)n(C=N)c2n1C[C@@H]1CCCO1. The van der Waals surface area contributed by atoms with Gasteiger partial charge in [-0.05, 0) is 57.2 Å². The molecule has 44 heavy (non-hydrogen) atoms. The van der Waals surface area contributed by atoms with Crippen LogP contribution in [0.15, 0.2) is 30.3 Å². The number of nitrogens with one attached hydrogen (secondary N) is 2. The number of hydrogen-bond donors (Lipinski definition) is 2. The molecule has 2 aromatic heterocycles. The molecule has 1 aromatic carbocycles. The first-order valence-electron chi connectivity index (χ1n) is 15.1. The van der Waals surface area contributed by atoms with Gasteiger partial charge in [0.25, 0.3) is 0 Å². The molecule has 0 radical (unpaired) electrons. The smallest absolute Gasteiger partial charge is 0.376 e. The van der Waals surface area contributed by atoms with Crippen molar-refractivity contribution in [2.75, 3.05) is 24.6 Å². The minimum absolute atomic E-state index is 0.0339. The van der Waals surface area contributed by atoms with Crippen molar-refractivity contribution in [2.24, 2.45) is 5.92 Å². The van der Waals surface area contributed by atoms with Gasteiger partial charge in [-0.3, -0.25) is 20.3 Å². The summed E-state index contributed by atoms with van der Waals surface area (Å²) >= 11 is 0. The van der Waals surface area contributed by atoms with Crippen LogP contribution in [0, 0.1) is 23.7 Å². The van der Waals surface area contributed by atoms with E-state index in [1.54, 1.807) is 6.07 Å². The Morgan fingerprint density at radius 2 is 1.82 bits per heavy atom. The van der Waals surface area contributed by atoms with Gasteiger partial charge in [-0.1, -0.05) is 12.1 Å². The molecule has 8 nitrogen and oxygen atoms in total. The summed E-state index contributed by atoms with van der Waals surface area (Å²) in [6, 6.07) is 5.94. The number of halogens is 5. The number of pyridine rings is 1. The Morgan fingerprint density at radius 3 is 2.41 bits per heavy atom. The fourth-order valence-corrected chi connectivity index (χ4v) is 7.32. The molecule has 1 unspecified atom stereocenters. The predicted octanol–water partition coefficient (Wildman–Crippen LogP) is 5.96. The van der Waals surface area contributed by atoms with Crippen LogP contribution in [0.1, 0.15) is 62.5 Å². The fraction of sp³-hybridized carbons (Fsp3) is 0.581. The van der Waals surface area contributed by atoms with E-state index in [1.165, 1.54) is 16.7 Å². The second-order valence-corrected chi connectivity index (χ2v) is 12.6. The second-order valence-electron chi connectivity index (χ2n) is 12.6. The summed E-state index contributed by atoms with van der Waals surface area (Å²) in [6.07, 6.45) is -2.00. The second kappa shape index (κ2) is 11.2. The van der Waals surface area contributed by atoms with Gasteiger partial charge in [-0.25, -0.2) is 13.8 Å². The van der Waals surface area contributed by atoms with Crippen LogP contribution in [-0.4, -0.2) is 69.2 Å². The van der Waals surface area contributed by atoms with Gasteiger partial charge in [-0.15, -0.1) is 0 Å². The summed E-state index contributed by atoms with van der Waals surface area (Å²) in [7, 11) is 0. The Kier molecular flexibility index (Phi) is 7.84. The summed E-state index contributed by atoms with van der Waals surface area (Å²) < 4.78 is 77.4. The van der Waals surface area contributed by atoms with E-state index in [-0.39, 0.29) is 42.4 Å². The number of aromatic nitrogens is 3. The number of alkyl halides is 5. The largest absolute Gasteiger partial charge is 0.416 e. The molecule has 3 fully saturated rings. The lowest BCUT2D eigenvalue weighted by Gasteiger charge is -2.52. The van der Waals surface area contributed by atoms with Crippen molar-refractivity contribution < 1.29 is 26.7 Å². The molecule has 4 atom stereocenters. The summed E-state index contributed by atoms with van der Waals surface area (Å²) in [6.45, 7) is 8.21. The van der Waals surface area contributed by atoms with Crippen molar-refractivity contribution in [3.05, 3.63) is 52.8 Å². The van der Waals surface area contributed by atoms with Crippen LogP contribution in [0.2, 0.25) is 0 Å². The maximum absolute atomic E-state index is 14.1. The molecule has 6 rings (SSSR count). The highest BCUT2D eigenvalue weighted by Crippen LogP contribution is 2.51. The highest BCUT2D eigenvalue weighted by Gasteiger charge is 2.51. The number of nitrogens with zero attached hydrogens (tertiary/aromatic N) is 5. The van der Waals surface area contributed by atoms with Crippen molar-refractivity contribution in [1.82, 2.24) is 19.0 Å². The zero-order valence-corrected chi connectivity index (χ0v) is 25.0. The number of fused-ring (bicyclic) bond motifs is 1. The van der Waals surface area contributed by atoms with Crippen LogP contribution >= 0.6 is 0 Å². The Hall–Kier alpha value is -3.32. The van der Waals surface area contributed by atoms with Crippen molar-refractivity contribution in [2.45, 2.75) is 89.3 Å². The first kappa shape index (κ1) is 30.7. The van der Waals surface area contributed by atoms with Crippen LogP contribution < -0.4 is 10.4 Å². The lowest BCUT2D eigenvalue weighted by Crippen LogP contribution is -2.59. The van der Waals surface area contributed by atoms with Gasteiger partial charge in [0, 0.05) is 56.7 Å². The highest BCUT2D eigenvalue weighted by atomic mass is 19.4. The monoisotopic (exact) mass is 619 g/mol. The molecule has 1 saturated carbocycles. The molecule has 3 aromatic rings. The lowest BCUT2D eigenvalue weighted by atomic mass is 9.73. The van der Waals surface area contributed by atoms with E-state index in [1.807, 2.05) is 25.3 Å². The van der Waals surface area contributed by atoms with E-state index in [2.05, 4.69) is 9.80 Å². The third-order valence-electron chi connectivity index (χ3n) is 9.52. The van der Waals surface area contributed by atoms with Crippen LogP contribution in [-0.2, 0) is 17.5 Å². The molecule has 2 aliphatic heterocycles. The van der Waals surface area contributed by atoms with Gasteiger partial charge < -0.3 is 14.2 Å². The van der Waals surface area contributed by atoms with Gasteiger partial charge in [0.2, 0.25) is 5.92 Å². The zero-order chi connectivity index (χ0) is 31.6. The van der Waals surface area contributed by atoms with Crippen molar-refractivity contribution in [3.8, 4) is 0 Å². The van der Waals surface area contributed by atoms with Crippen LogP contribution in [0.4, 0.5) is 27.6 Å². The summed E-state index contributed by atoms with van der Waals surface area (Å²) in [5.41, 5.74) is 2.07. The molecule has 13 heteroatoms. The average molecular weight is 620 g/mol. The van der Waals surface area contributed by atoms with E-state index in [0.29, 0.717) is 43.0 Å². The van der Waals surface area contributed by atoms with E-state index >= 15 is 0 Å². The molecule has 0 amide bonds. The minimum atomic E-state index is -4.48. The van der Waals surface area contributed by atoms with Crippen LogP contribution in [0.25, 0.3) is 11.2 Å². The van der Waals surface area contributed by atoms with Crippen LogP contribution in [0.5, 0.6) is 0 Å². The van der Waals surface area contributed by atoms with Crippen molar-refractivity contribution in [1.29, 1.82) is 10.8 Å². The van der Waals surface area contributed by atoms with Crippen molar-refractivity contribution >= 4 is 23.2 Å².